The van der Waals surface area contributed by atoms with Crippen molar-refractivity contribution in [2.75, 3.05) is 13.2 Å². The van der Waals surface area contributed by atoms with Gasteiger partial charge in [0, 0.05) is 11.8 Å². The molecule has 0 aromatic rings. The molecule has 0 spiro atoms. The van der Waals surface area contributed by atoms with Crippen LogP contribution in [0, 0.1) is 11.8 Å². The summed E-state index contributed by atoms with van der Waals surface area (Å²) in [5.41, 5.74) is 0. The fourth-order valence-electron chi connectivity index (χ4n) is 4.13. The molecule has 1 saturated heterocycles. The van der Waals surface area contributed by atoms with Crippen molar-refractivity contribution in [2.45, 2.75) is 80.8 Å². The normalized spacial score (nSPS) is 27.9. The zero-order valence-electron chi connectivity index (χ0n) is 19.6. The van der Waals surface area contributed by atoms with Crippen LogP contribution < -0.4 is 0 Å². The van der Waals surface area contributed by atoms with Gasteiger partial charge in [-0.1, -0.05) is 13.8 Å². The van der Waals surface area contributed by atoms with Crippen LogP contribution in [0.5, 0.6) is 0 Å². The molecule has 4 atom stereocenters. The molecule has 9 nitrogen and oxygen atoms in total. The summed E-state index contributed by atoms with van der Waals surface area (Å²) in [5, 5.41) is -5.24. The van der Waals surface area contributed by atoms with Crippen molar-refractivity contribution >= 4 is 22.1 Å². The predicted molar refractivity (Wildman–Crippen MR) is 104 cm³/mol. The van der Waals surface area contributed by atoms with Crippen LogP contribution in [0.4, 0.5) is 39.5 Å². The number of carbonyl (C=O) groups excluding carboxylic acids is 2. The zero-order chi connectivity index (χ0) is 29.5. The third kappa shape index (κ3) is 5.99. The number of rotatable bonds is 9. The van der Waals surface area contributed by atoms with Gasteiger partial charge in [0.1, 0.15) is 18.8 Å². The Morgan fingerprint density at radius 3 is 2.11 bits per heavy atom. The average Bonchev–Trinajstić information content (AvgIpc) is 3.21. The Morgan fingerprint density at radius 1 is 1.03 bits per heavy atom. The van der Waals surface area contributed by atoms with Crippen LogP contribution in [0.15, 0.2) is 0 Å². The summed E-state index contributed by atoms with van der Waals surface area (Å²) >= 11 is 0. The second-order valence-electron chi connectivity index (χ2n) is 9.05. The van der Waals surface area contributed by atoms with Gasteiger partial charge in [-0.05, 0) is 25.7 Å². The molecule has 19 heteroatoms. The van der Waals surface area contributed by atoms with Gasteiger partial charge in [0.2, 0.25) is 0 Å². The fraction of sp³-hybridized carbons (Fsp3) is 0.895. The molecular formula is C19H23F9O9S. The third-order valence-electron chi connectivity index (χ3n) is 6.09. The first-order valence-corrected chi connectivity index (χ1v) is 12.3. The van der Waals surface area contributed by atoms with Gasteiger partial charge in [0.25, 0.3) is 0 Å². The molecular weight excluding hydrogens is 575 g/mol. The standard InChI is InChI=1S/C19H23F9O9S/c1-9(2)15(10-4-3-5-11(6-10)36-14(30)17(22,23)38(31,32)33)35-8-12(37-15)7-34-13(29)16(20,21)18(24,25)19(26,27)28/h9-12H,3-8H2,1-2H3,(H,31,32,33). The molecule has 0 aromatic carbocycles. The summed E-state index contributed by atoms with van der Waals surface area (Å²) in [6.45, 7) is 1.36. The van der Waals surface area contributed by atoms with E-state index in [1.807, 2.05) is 0 Å². The maximum absolute atomic E-state index is 13.5. The highest BCUT2D eigenvalue weighted by Crippen LogP contribution is 2.48. The van der Waals surface area contributed by atoms with E-state index in [1.165, 1.54) is 13.8 Å². The van der Waals surface area contributed by atoms with Crippen LogP contribution in [-0.2, 0) is 38.7 Å². The van der Waals surface area contributed by atoms with Crippen molar-refractivity contribution < 1.29 is 81.0 Å². The molecule has 1 aliphatic heterocycles. The molecule has 4 unspecified atom stereocenters. The molecule has 0 amide bonds. The lowest BCUT2D eigenvalue weighted by Crippen LogP contribution is -2.57. The van der Waals surface area contributed by atoms with Crippen LogP contribution in [0.1, 0.15) is 39.5 Å². The molecule has 1 heterocycles. The molecule has 0 radical (unpaired) electrons. The van der Waals surface area contributed by atoms with Crippen molar-refractivity contribution in [1.82, 2.24) is 0 Å². The predicted octanol–water partition coefficient (Wildman–Crippen LogP) is 3.71. The van der Waals surface area contributed by atoms with E-state index in [0.29, 0.717) is 0 Å². The Morgan fingerprint density at radius 2 is 1.61 bits per heavy atom. The van der Waals surface area contributed by atoms with E-state index in [0.717, 1.165) is 0 Å². The van der Waals surface area contributed by atoms with Gasteiger partial charge in [-0.25, -0.2) is 9.59 Å². The largest absolute Gasteiger partial charge is 0.465 e. The molecule has 222 valence electrons. The summed E-state index contributed by atoms with van der Waals surface area (Å²) in [4.78, 5) is 23.0. The van der Waals surface area contributed by atoms with E-state index in [2.05, 4.69) is 9.47 Å². The lowest BCUT2D eigenvalue weighted by Gasteiger charge is -2.43. The highest BCUT2D eigenvalue weighted by Gasteiger charge is 2.77. The number of esters is 2. The molecule has 1 aliphatic carbocycles. The molecule has 0 bridgehead atoms. The molecule has 1 N–H and O–H groups in total. The summed E-state index contributed by atoms with van der Waals surface area (Å²) in [6, 6.07) is 0. The second-order valence-corrected chi connectivity index (χ2v) is 10.5. The van der Waals surface area contributed by atoms with Crippen molar-refractivity contribution in [3.05, 3.63) is 0 Å². The smallest absolute Gasteiger partial charge is 0.458 e. The highest BCUT2D eigenvalue weighted by molar-refractivity contribution is 7.87. The van der Waals surface area contributed by atoms with Crippen LogP contribution in [-0.4, -0.2) is 79.4 Å². The van der Waals surface area contributed by atoms with Gasteiger partial charge < -0.3 is 18.9 Å². The van der Waals surface area contributed by atoms with E-state index in [-0.39, 0.29) is 25.7 Å². The van der Waals surface area contributed by atoms with Gasteiger partial charge >= 0.3 is 45.3 Å². The number of ether oxygens (including phenoxy) is 4. The minimum absolute atomic E-state index is 0.00150. The third-order valence-corrected chi connectivity index (χ3v) is 6.90. The van der Waals surface area contributed by atoms with E-state index in [1.54, 1.807) is 0 Å². The average molecular weight is 598 g/mol. The van der Waals surface area contributed by atoms with E-state index in [9.17, 15) is 57.5 Å². The quantitative estimate of drug-likeness (QED) is 0.240. The van der Waals surface area contributed by atoms with E-state index < -0.39 is 88.4 Å². The first-order chi connectivity index (χ1) is 17.0. The fourth-order valence-corrected chi connectivity index (χ4v) is 4.39. The Kier molecular flexibility index (Phi) is 9.03. The molecule has 1 saturated carbocycles. The van der Waals surface area contributed by atoms with Crippen molar-refractivity contribution in [3.63, 3.8) is 0 Å². The summed E-state index contributed by atoms with van der Waals surface area (Å²) < 4.78 is 167. The second kappa shape index (κ2) is 10.6. The first kappa shape index (κ1) is 32.4. The maximum Gasteiger partial charge on any atom is 0.465 e. The van der Waals surface area contributed by atoms with Crippen LogP contribution in [0.3, 0.4) is 0 Å². The van der Waals surface area contributed by atoms with Crippen LogP contribution in [0.2, 0.25) is 0 Å². The summed E-state index contributed by atoms with van der Waals surface area (Å²) in [6.07, 6.45) is -9.24. The zero-order valence-corrected chi connectivity index (χ0v) is 20.4. The Labute approximate surface area is 209 Å². The molecule has 2 fully saturated rings. The van der Waals surface area contributed by atoms with Gasteiger partial charge in [-0.15, -0.1) is 0 Å². The monoisotopic (exact) mass is 598 g/mol. The summed E-state index contributed by atoms with van der Waals surface area (Å²) in [5.74, 6) is -21.7. The number of halogens is 9. The van der Waals surface area contributed by atoms with Gasteiger partial charge in [0.15, 0.2) is 5.79 Å². The minimum Gasteiger partial charge on any atom is -0.458 e. The minimum atomic E-state index is -6.75. The Hall–Kier alpha value is -1.86. The van der Waals surface area contributed by atoms with Crippen molar-refractivity contribution in [1.29, 1.82) is 0 Å². The molecule has 2 rings (SSSR count). The van der Waals surface area contributed by atoms with Crippen LogP contribution >= 0.6 is 0 Å². The SMILES string of the molecule is CC(C)C1(C2CCCC(OC(=O)C(F)(F)S(=O)(=O)O)C2)OCC(COC(=O)C(F)(F)C(F)(F)C(F)(F)F)O1. The van der Waals surface area contributed by atoms with E-state index >= 15 is 0 Å². The van der Waals surface area contributed by atoms with Gasteiger partial charge in [-0.2, -0.15) is 47.9 Å². The van der Waals surface area contributed by atoms with Crippen molar-refractivity contribution in [2.24, 2.45) is 11.8 Å². The first-order valence-electron chi connectivity index (χ1n) is 10.9. The lowest BCUT2D eigenvalue weighted by molar-refractivity contribution is -0.348. The Bertz CT molecular complexity index is 1000. The summed E-state index contributed by atoms with van der Waals surface area (Å²) in [7, 11) is -6.12. The van der Waals surface area contributed by atoms with Crippen LogP contribution in [0.25, 0.3) is 0 Å². The number of alkyl halides is 9. The van der Waals surface area contributed by atoms with Gasteiger partial charge in [0.05, 0.1) is 6.61 Å². The highest BCUT2D eigenvalue weighted by atomic mass is 32.2. The number of carbonyl (C=O) groups is 2. The van der Waals surface area contributed by atoms with Crippen molar-refractivity contribution in [3.8, 4) is 0 Å². The molecule has 38 heavy (non-hydrogen) atoms. The van der Waals surface area contributed by atoms with Gasteiger partial charge in [-0.3, -0.25) is 4.55 Å². The molecule has 2 aliphatic rings. The molecule has 0 aromatic heterocycles. The number of hydrogen-bond donors (Lipinski definition) is 1. The van der Waals surface area contributed by atoms with E-state index in [4.69, 9.17) is 14.0 Å². The Balaban J connectivity index is 2.09. The topological polar surface area (TPSA) is 125 Å². The lowest BCUT2D eigenvalue weighted by atomic mass is 9.77. The maximum atomic E-state index is 13.5. The number of hydrogen-bond acceptors (Lipinski definition) is 8.